The van der Waals surface area contributed by atoms with Gasteiger partial charge in [-0.2, -0.15) is 21.0 Å². The summed E-state index contributed by atoms with van der Waals surface area (Å²) >= 11 is 0. The van der Waals surface area contributed by atoms with E-state index in [0.29, 0.717) is 0 Å². The minimum atomic E-state index is -0.669. The Hall–Kier alpha value is -2.20. The second-order valence-electron chi connectivity index (χ2n) is 5.03. The average molecular weight is 334 g/mol. The van der Waals surface area contributed by atoms with Gasteiger partial charge < -0.3 is 18.9 Å². The lowest BCUT2D eigenvalue weighted by molar-refractivity contribution is -0.102. The van der Waals surface area contributed by atoms with E-state index in [1.54, 1.807) is 0 Å². The Bertz CT molecular complexity index is 429. The van der Waals surface area contributed by atoms with E-state index in [2.05, 4.69) is 0 Å². The molecule has 0 aliphatic heterocycles. The number of hydrogen-bond donors (Lipinski definition) is 0. The fourth-order valence-corrected chi connectivity index (χ4v) is 1.78. The molecule has 0 rings (SSSR count). The van der Waals surface area contributed by atoms with Gasteiger partial charge in [0, 0.05) is 0 Å². The molecule has 0 bridgehead atoms. The third-order valence-electron chi connectivity index (χ3n) is 2.87. The lowest BCUT2D eigenvalue weighted by Gasteiger charge is -2.32. The first-order valence-electron chi connectivity index (χ1n) is 7.53. The maximum absolute atomic E-state index is 8.62. The third-order valence-corrected chi connectivity index (χ3v) is 2.87. The summed E-state index contributed by atoms with van der Waals surface area (Å²) in [6, 6.07) is 7.87. The summed E-state index contributed by atoms with van der Waals surface area (Å²) in [5, 5.41) is 34.3. The highest BCUT2D eigenvalue weighted by Crippen LogP contribution is 2.21. The van der Waals surface area contributed by atoms with Gasteiger partial charge in [-0.3, -0.25) is 0 Å². The molecule has 0 heterocycles. The minimum absolute atomic E-state index is 0.0731. The summed E-state index contributed by atoms with van der Waals surface area (Å²) in [5.74, 6) is 0. The number of rotatable bonds is 15. The first-order valence-corrected chi connectivity index (χ1v) is 7.53. The molecule has 0 fully saturated rings. The molecular formula is C16H22N4O4. The van der Waals surface area contributed by atoms with Crippen molar-refractivity contribution >= 4 is 0 Å². The summed E-state index contributed by atoms with van der Waals surface area (Å²) in [4.78, 5) is 0. The molecule has 0 radical (unpaired) electrons. The van der Waals surface area contributed by atoms with E-state index in [4.69, 9.17) is 40.0 Å². The molecule has 0 N–H and O–H groups in total. The molecule has 0 spiro atoms. The highest BCUT2D eigenvalue weighted by Gasteiger charge is 2.32. The van der Waals surface area contributed by atoms with E-state index in [-0.39, 0.29) is 72.1 Å². The van der Waals surface area contributed by atoms with Crippen LogP contribution in [-0.2, 0) is 18.9 Å². The predicted molar refractivity (Wildman–Crippen MR) is 82.0 cm³/mol. The van der Waals surface area contributed by atoms with Gasteiger partial charge in [-0.25, -0.2) is 0 Å². The average Bonchev–Trinajstić information content (AvgIpc) is 2.60. The SMILES string of the molecule is N#CCCOCC(COCC#N)(COCCC#N)COCCC#N. The van der Waals surface area contributed by atoms with Crippen LogP contribution in [0, 0.1) is 50.7 Å². The van der Waals surface area contributed by atoms with E-state index >= 15 is 0 Å². The van der Waals surface area contributed by atoms with Crippen molar-refractivity contribution in [3.8, 4) is 24.3 Å². The van der Waals surface area contributed by atoms with Gasteiger partial charge in [0.25, 0.3) is 0 Å². The maximum atomic E-state index is 8.62. The molecule has 0 aliphatic carbocycles. The highest BCUT2D eigenvalue weighted by atomic mass is 16.5. The molecule has 24 heavy (non-hydrogen) atoms. The van der Waals surface area contributed by atoms with Gasteiger partial charge in [0.1, 0.15) is 6.61 Å². The second kappa shape index (κ2) is 15.7. The molecule has 0 aromatic carbocycles. The molecule has 0 unspecified atom stereocenters. The van der Waals surface area contributed by atoms with Crippen molar-refractivity contribution in [2.75, 3.05) is 52.9 Å². The van der Waals surface area contributed by atoms with Gasteiger partial charge in [0.2, 0.25) is 0 Å². The second-order valence-corrected chi connectivity index (χ2v) is 5.03. The van der Waals surface area contributed by atoms with Crippen molar-refractivity contribution in [1.29, 1.82) is 21.0 Å². The van der Waals surface area contributed by atoms with Crippen molar-refractivity contribution in [3.63, 3.8) is 0 Å². The summed E-state index contributed by atoms with van der Waals surface area (Å²) in [5.41, 5.74) is -0.669. The zero-order chi connectivity index (χ0) is 17.9. The molecule has 8 nitrogen and oxygen atoms in total. The zero-order valence-electron chi connectivity index (χ0n) is 13.7. The Morgan fingerprint density at radius 3 is 1.25 bits per heavy atom. The summed E-state index contributed by atoms with van der Waals surface area (Å²) in [6.45, 7) is 1.58. The molecular weight excluding hydrogens is 312 g/mol. The van der Waals surface area contributed by atoms with Crippen LogP contribution in [-0.4, -0.2) is 52.9 Å². The summed E-state index contributed by atoms with van der Waals surface area (Å²) in [7, 11) is 0. The van der Waals surface area contributed by atoms with Gasteiger partial charge in [-0.1, -0.05) is 0 Å². The summed E-state index contributed by atoms with van der Waals surface area (Å²) in [6.07, 6.45) is 0.791. The number of nitrogens with zero attached hydrogens (tertiary/aromatic N) is 4. The lowest BCUT2D eigenvalue weighted by atomic mass is 9.92. The Kier molecular flexibility index (Phi) is 14.2. The number of ether oxygens (including phenoxy) is 4. The smallest absolute Gasteiger partial charge is 0.133 e. The normalized spacial score (nSPS) is 10.3. The maximum Gasteiger partial charge on any atom is 0.133 e. The topological polar surface area (TPSA) is 132 Å². The Morgan fingerprint density at radius 2 is 0.917 bits per heavy atom. The van der Waals surface area contributed by atoms with Crippen LogP contribution in [0.2, 0.25) is 0 Å². The van der Waals surface area contributed by atoms with E-state index in [1.165, 1.54) is 0 Å². The largest absolute Gasteiger partial charge is 0.380 e. The first-order chi connectivity index (χ1) is 11.7. The minimum Gasteiger partial charge on any atom is -0.380 e. The molecule has 0 atom stereocenters. The fraction of sp³-hybridized carbons (Fsp3) is 0.750. The monoisotopic (exact) mass is 334 g/mol. The van der Waals surface area contributed by atoms with Gasteiger partial charge in [-0.15, -0.1) is 0 Å². The van der Waals surface area contributed by atoms with Crippen LogP contribution >= 0.6 is 0 Å². The molecule has 0 saturated heterocycles. The van der Waals surface area contributed by atoms with E-state index in [1.807, 2.05) is 24.3 Å². The van der Waals surface area contributed by atoms with Crippen LogP contribution in [0.15, 0.2) is 0 Å². The molecule has 130 valence electrons. The van der Waals surface area contributed by atoms with E-state index in [9.17, 15) is 0 Å². The standard InChI is InChI=1S/C16H22N4O4/c17-4-1-8-21-12-16(15-24-11-7-20,13-22-9-2-5-18)14-23-10-3-6-19/h1-3,8-15H2. The van der Waals surface area contributed by atoms with Crippen molar-refractivity contribution in [3.05, 3.63) is 0 Å². The van der Waals surface area contributed by atoms with Crippen LogP contribution in [0.3, 0.4) is 0 Å². The highest BCUT2D eigenvalue weighted by molar-refractivity contribution is 4.82. The van der Waals surface area contributed by atoms with Crippen molar-refractivity contribution in [2.24, 2.45) is 5.41 Å². The Balaban J connectivity index is 4.72. The van der Waals surface area contributed by atoms with Gasteiger partial charge in [0.15, 0.2) is 0 Å². The molecule has 0 amide bonds. The first kappa shape index (κ1) is 21.8. The molecule has 0 aromatic heterocycles. The van der Waals surface area contributed by atoms with E-state index < -0.39 is 5.41 Å². The van der Waals surface area contributed by atoms with Crippen LogP contribution in [0.4, 0.5) is 0 Å². The van der Waals surface area contributed by atoms with Crippen LogP contribution < -0.4 is 0 Å². The quantitative estimate of drug-likeness (QED) is 0.409. The lowest BCUT2D eigenvalue weighted by Crippen LogP contribution is -2.42. The predicted octanol–water partition coefficient (Wildman–Crippen LogP) is 1.30. The molecule has 8 heteroatoms. The Labute approximate surface area is 142 Å². The fourth-order valence-electron chi connectivity index (χ4n) is 1.78. The molecule has 0 saturated carbocycles. The van der Waals surface area contributed by atoms with Crippen LogP contribution in [0.25, 0.3) is 0 Å². The zero-order valence-corrected chi connectivity index (χ0v) is 13.7. The van der Waals surface area contributed by atoms with Crippen molar-refractivity contribution in [2.45, 2.75) is 19.3 Å². The number of nitriles is 4. The van der Waals surface area contributed by atoms with Crippen molar-refractivity contribution in [1.82, 2.24) is 0 Å². The Morgan fingerprint density at radius 1 is 0.542 bits per heavy atom. The third kappa shape index (κ3) is 11.4. The van der Waals surface area contributed by atoms with Gasteiger partial charge in [-0.05, 0) is 0 Å². The van der Waals surface area contributed by atoms with Crippen LogP contribution in [0.1, 0.15) is 19.3 Å². The molecule has 0 aromatic rings. The molecule has 0 aliphatic rings. The summed E-state index contributed by atoms with van der Waals surface area (Å²) < 4.78 is 21.8. The van der Waals surface area contributed by atoms with Crippen LogP contribution in [0.5, 0.6) is 0 Å². The van der Waals surface area contributed by atoms with E-state index in [0.717, 1.165) is 0 Å². The number of hydrogen-bond acceptors (Lipinski definition) is 8. The van der Waals surface area contributed by atoms with Gasteiger partial charge >= 0.3 is 0 Å². The van der Waals surface area contributed by atoms with Gasteiger partial charge in [0.05, 0.1) is 95.2 Å². The van der Waals surface area contributed by atoms with Crippen molar-refractivity contribution < 1.29 is 18.9 Å².